The van der Waals surface area contributed by atoms with Crippen molar-refractivity contribution in [3.8, 4) is 0 Å². The molecule has 0 aliphatic rings. The zero-order valence-corrected chi connectivity index (χ0v) is 11.8. The van der Waals surface area contributed by atoms with Gasteiger partial charge in [-0.25, -0.2) is 21.9 Å². The predicted molar refractivity (Wildman–Crippen MR) is 68.6 cm³/mol. The van der Waals surface area contributed by atoms with Gasteiger partial charge in [0.05, 0.1) is 12.2 Å². The van der Waals surface area contributed by atoms with E-state index in [0.717, 1.165) is 12.1 Å². The van der Waals surface area contributed by atoms with Crippen LogP contribution in [-0.2, 0) is 21.4 Å². The third-order valence-corrected chi connectivity index (χ3v) is 4.14. The molecular weight excluding hydrogens is 292 g/mol. The molecule has 0 heterocycles. The van der Waals surface area contributed by atoms with E-state index in [1.165, 1.54) is 7.11 Å². The van der Waals surface area contributed by atoms with E-state index in [2.05, 4.69) is 4.72 Å². The molecule has 0 spiro atoms. The van der Waals surface area contributed by atoms with Gasteiger partial charge in [-0.15, -0.1) is 0 Å². The van der Waals surface area contributed by atoms with Gasteiger partial charge >= 0.3 is 0 Å². The van der Waals surface area contributed by atoms with E-state index in [-0.39, 0.29) is 6.54 Å². The zero-order valence-electron chi connectivity index (χ0n) is 11.0. The van der Waals surface area contributed by atoms with E-state index in [1.54, 1.807) is 0 Å². The van der Waals surface area contributed by atoms with E-state index in [1.807, 2.05) is 0 Å². The molecule has 0 aliphatic carbocycles. The molecule has 1 rings (SSSR count). The molecule has 0 atom stereocenters. The fourth-order valence-corrected chi connectivity index (χ4v) is 2.76. The number of ether oxygens (including phenoxy) is 1. The summed E-state index contributed by atoms with van der Waals surface area (Å²) < 4.78 is 57.8. The van der Waals surface area contributed by atoms with E-state index in [0.29, 0.717) is 19.4 Å². The number of rotatable bonds is 8. The van der Waals surface area contributed by atoms with Crippen molar-refractivity contribution in [3.05, 3.63) is 29.3 Å². The maximum absolute atomic E-state index is 13.8. The van der Waals surface area contributed by atoms with Crippen molar-refractivity contribution in [1.82, 2.24) is 4.72 Å². The average molecular weight is 309 g/mol. The van der Waals surface area contributed by atoms with Gasteiger partial charge in [0.1, 0.15) is 10.7 Å². The second kappa shape index (κ2) is 7.63. The molecular formula is C12H17F2NO4S. The Balaban J connectivity index is 2.83. The van der Waals surface area contributed by atoms with Crippen molar-refractivity contribution in [2.45, 2.75) is 24.3 Å². The molecule has 20 heavy (non-hydrogen) atoms. The summed E-state index contributed by atoms with van der Waals surface area (Å²) in [6.07, 6.45) is 1.19. The van der Waals surface area contributed by atoms with Gasteiger partial charge < -0.3 is 9.84 Å². The van der Waals surface area contributed by atoms with Crippen LogP contribution in [0.1, 0.15) is 18.4 Å². The van der Waals surface area contributed by atoms with Crippen LogP contribution >= 0.6 is 0 Å². The lowest BCUT2D eigenvalue weighted by atomic mass is 10.2. The number of aliphatic hydroxyl groups excluding tert-OH is 1. The number of hydrogen-bond donors (Lipinski definition) is 2. The molecule has 8 heteroatoms. The van der Waals surface area contributed by atoms with Crippen LogP contribution in [0.5, 0.6) is 0 Å². The number of hydrogen-bond acceptors (Lipinski definition) is 4. The Bertz CT molecular complexity index is 549. The highest BCUT2D eigenvalue weighted by molar-refractivity contribution is 7.89. The van der Waals surface area contributed by atoms with Crippen LogP contribution in [0, 0.1) is 11.6 Å². The standard InChI is InChI=1S/C12H17F2NO4S/c1-19-7-3-2-6-15-20(17,18)11-5-4-10(13)9(8-16)12(11)14/h4-5,15-16H,2-3,6-8H2,1H3. The molecule has 1 aromatic rings. The number of halogens is 2. The minimum atomic E-state index is -4.07. The molecule has 0 aromatic heterocycles. The lowest BCUT2D eigenvalue weighted by molar-refractivity contribution is 0.193. The molecule has 0 fully saturated rings. The summed E-state index contributed by atoms with van der Waals surface area (Å²) in [6.45, 7) is -0.285. The zero-order chi connectivity index (χ0) is 15.2. The first kappa shape index (κ1) is 17.0. The molecule has 0 amide bonds. The van der Waals surface area contributed by atoms with Crippen LogP contribution in [-0.4, -0.2) is 33.8 Å². The Morgan fingerprint density at radius 3 is 2.60 bits per heavy atom. The van der Waals surface area contributed by atoms with Crippen LogP contribution in [0.15, 0.2) is 17.0 Å². The maximum atomic E-state index is 13.8. The summed E-state index contributed by atoms with van der Waals surface area (Å²) in [7, 11) is -2.53. The van der Waals surface area contributed by atoms with Gasteiger partial charge in [0.15, 0.2) is 5.82 Å². The van der Waals surface area contributed by atoms with E-state index in [4.69, 9.17) is 9.84 Å². The molecule has 5 nitrogen and oxygen atoms in total. The van der Waals surface area contributed by atoms with Gasteiger partial charge in [-0.3, -0.25) is 0 Å². The van der Waals surface area contributed by atoms with E-state index < -0.39 is 38.7 Å². The van der Waals surface area contributed by atoms with Crippen LogP contribution in [0.25, 0.3) is 0 Å². The second-order valence-electron chi connectivity index (χ2n) is 4.09. The lowest BCUT2D eigenvalue weighted by Gasteiger charge is -2.10. The van der Waals surface area contributed by atoms with E-state index >= 15 is 0 Å². The first-order chi connectivity index (χ1) is 9.44. The number of aliphatic hydroxyl groups is 1. The Morgan fingerprint density at radius 1 is 1.30 bits per heavy atom. The molecule has 114 valence electrons. The molecule has 0 bridgehead atoms. The fraction of sp³-hybridized carbons (Fsp3) is 0.500. The van der Waals surface area contributed by atoms with Crippen molar-refractivity contribution in [1.29, 1.82) is 0 Å². The van der Waals surface area contributed by atoms with Crippen molar-refractivity contribution in [2.24, 2.45) is 0 Å². The number of nitrogens with one attached hydrogen (secondary N) is 1. The average Bonchev–Trinajstić information content (AvgIpc) is 2.38. The third-order valence-electron chi connectivity index (χ3n) is 2.67. The molecule has 0 aliphatic heterocycles. The number of methoxy groups -OCH3 is 1. The van der Waals surface area contributed by atoms with Crippen LogP contribution in [0.3, 0.4) is 0 Å². The summed E-state index contributed by atoms with van der Waals surface area (Å²) in [5.74, 6) is -2.25. The Hall–Kier alpha value is -1.09. The summed E-state index contributed by atoms with van der Waals surface area (Å²) in [5, 5.41) is 8.85. The molecule has 0 radical (unpaired) electrons. The number of unbranched alkanes of at least 4 members (excludes halogenated alkanes) is 1. The number of sulfonamides is 1. The van der Waals surface area contributed by atoms with Crippen molar-refractivity contribution in [3.63, 3.8) is 0 Å². The van der Waals surface area contributed by atoms with Gasteiger partial charge in [-0.1, -0.05) is 0 Å². The SMILES string of the molecule is COCCCCNS(=O)(=O)c1ccc(F)c(CO)c1F. The second-order valence-corrected chi connectivity index (χ2v) is 5.83. The topological polar surface area (TPSA) is 75.6 Å². The monoisotopic (exact) mass is 309 g/mol. The molecule has 0 saturated carbocycles. The Morgan fingerprint density at radius 2 is 2.00 bits per heavy atom. The quantitative estimate of drug-likeness (QED) is 0.707. The minimum Gasteiger partial charge on any atom is -0.391 e. The molecule has 0 saturated heterocycles. The van der Waals surface area contributed by atoms with Gasteiger partial charge in [0.2, 0.25) is 10.0 Å². The fourth-order valence-electron chi connectivity index (χ4n) is 1.58. The molecule has 2 N–H and O–H groups in total. The number of benzene rings is 1. The Kier molecular flexibility index (Phi) is 6.47. The molecule has 1 aromatic carbocycles. The minimum absolute atomic E-state index is 0.122. The lowest BCUT2D eigenvalue weighted by Crippen LogP contribution is -2.26. The van der Waals surface area contributed by atoms with Gasteiger partial charge in [-0.05, 0) is 25.0 Å². The van der Waals surface area contributed by atoms with Gasteiger partial charge in [0.25, 0.3) is 0 Å². The smallest absolute Gasteiger partial charge is 0.243 e. The first-order valence-electron chi connectivity index (χ1n) is 6.00. The normalized spacial score (nSPS) is 11.8. The van der Waals surface area contributed by atoms with Crippen molar-refractivity contribution < 1.29 is 27.0 Å². The van der Waals surface area contributed by atoms with Crippen LogP contribution < -0.4 is 4.72 Å². The van der Waals surface area contributed by atoms with Gasteiger partial charge in [0, 0.05) is 20.3 Å². The van der Waals surface area contributed by atoms with Gasteiger partial charge in [-0.2, -0.15) is 0 Å². The summed E-state index contributed by atoms with van der Waals surface area (Å²) in [6, 6.07) is 1.65. The van der Waals surface area contributed by atoms with E-state index in [9.17, 15) is 17.2 Å². The molecule has 0 unspecified atom stereocenters. The first-order valence-corrected chi connectivity index (χ1v) is 7.48. The highest BCUT2D eigenvalue weighted by Crippen LogP contribution is 2.20. The van der Waals surface area contributed by atoms with Crippen LogP contribution in [0.4, 0.5) is 8.78 Å². The largest absolute Gasteiger partial charge is 0.391 e. The summed E-state index contributed by atoms with van der Waals surface area (Å²) in [4.78, 5) is -0.672. The Labute approximate surface area is 116 Å². The van der Waals surface area contributed by atoms with Crippen molar-refractivity contribution in [2.75, 3.05) is 20.3 Å². The highest BCUT2D eigenvalue weighted by Gasteiger charge is 2.22. The third kappa shape index (κ3) is 4.20. The maximum Gasteiger partial charge on any atom is 0.243 e. The van der Waals surface area contributed by atoms with Crippen molar-refractivity contribution >= 4 is 10.0 Å². The predicted octanol–water partition coefficient (Wildman–Crippen LogP) is 1.16. The summed E-state index contributed by atoms with van der Waals surface area (Å²) in [5.41, 5.74) is -0.660. The van der Waals surface area contributed by atoms with Crippen LogP contribution in [0.2, 0.25) is 0 Å². The highest BCUT2D eigenvalue weighted by atomic mass is 32.2. The summed E-state index contributed by atoms with van der Waals surface area (Å²) >= 11 is 0.